The summed E-state index contributed by atoms with van der Waals surface area (Å²) < 4.78 is 31.4. The molecule has 6 nitrogen and oxygen atoms in total. The predicted molar refractivity (Wildman–Crippen MR) is 82.4 cm³/mol. The van der Waals surface area contributed by atoms with Crippen molar-refractivity contribution in [1.29, 1.82) is 0 Å². The average molecular weight is 374 g/mol. The first-order valence-electron chi connectivity index (χ1n) is 6.36. The summed E-state index contributed by atoms with van der Waals surface area (Å²) >= 11 is 3.22. The zero-order valence-electron chi connectivity index (χ0n) is 11.5. The van der Waals surface area contributed by atoms with E-state index < -0.39 is 10.0 Å². The van der Waals surface area contributed by atoms with E-state index >= 15 is 0 Å². The molecule has 2 aromatic rings. The number of aryl methyl sites for hydroxylation is 1. The highest BCUT2D eigenvalue weighted by Crippen LogP contribution is 2.27. The lowest BCUT2D eigenvalue weighted by Gasteiger charge is -2.12. The second kappa shape index (κ2) is 6.59. The molecule has 0 amide bonds. The van der Waals surface area contributed by atoms with Crippen LogP contribution in [0.5, 0.6) is 5.75 Å². The molecule has 0 spiro atoms. The van der Waals surface area contributed by atoms with E-state index in [1.165, 1.54) is 6.07 Å². The number of aromatic nitrogens is 2. The van der Waals surface area contributed by atoms with Crippen molar-refractivity contribution >= 4 is 26.0 Å². The fourth-order valence-corrected chi connectivity index (χ4v) is 3.10. The molecule has 114 valence electrons. The van der Waals surface area contributed by atoms with Crippen LogP contribution in [-0.4, -0.2) is 18.0 Å². The van der Waals surface area contributed by atoms with Crippen LogP contribution in [0, 0.1) is 0 Å². The lowest BCUT2D eigenvalue weighted by atomic mass is 10.3. The highest BCUT2D eigenvalue weighted by atomic mass is 79.9. The Balaban J connectivity index is 2.22. The Kier molecular flexibility index (Phi) is 5.02. The van der Waals surface area contributed by atoms with Crippen molar-refractivity contribution < 1.29 is 13.2 Å². The monoisotopic (exact) mass is 373 g/mol. The molecule has 0 saturated heterocycles. The van der Waals surface area contributed by atoms with Crippen LogP contribution in [0.4, 0.5) is 0 Å². The standard InChI is InChI=1S/C13H16BrN3O3S/c1-2-5-17-9-16-7-11(17)8-20-12-4-3-10(14)6-13(12)21(15,18)19/h3-4,6-7,9H,2,5,8H2,1H3,(H2,15,18,19). The third-order valence-corrected chi connectivity index (χ3v) is 4.28. The Morgan fingerprint density at radius 2 is 2.19 bits per heavy atom. The largest absolute Gasteiger partial charge is 0.486 e. The average Bonchev–Trinajstić information content (AvgIpc) is 2.84. The molecular formula is C13H16BrN3O3S. The van der Waals surface area contributed by atoms with Gasteiger partial charge in [0.15, 0.2) is 0 Å². The minimum atomic E-state index is -3.84. The molecule has 0 unspecified atom stereocenters. The van der Waals surface area contributed by atoms with Gasteiger partial charge in [-0.25, -0.2) is 18.5 Å². The van der Waals surface area contributed by atoms with Crippen LogP contribution in [0.15, 0.2) is 40.1 Å². The lowest BCUT2D eigenvalue weighted by molar-refractivity contribution is 0.287. The molecule has 0 fully saturated rings. The molecular weight excluding hydrogens is 358 g/mol. The Morgan fingerprint density at radius 1 is 1.43 bits per heavy atom. The number of imidazole rings is 1. The maximum atomic E-state index is 11.6. The van der Waals surface area contributed by atoms with Crippen LogP contribution in [-0.2, 0) is 23.2 Å². The van der Waals surface area contributed by atoms with E-state index in [1.54, 1.807) is 24.7 Å². The zero-order chi connectivity index (χ0) is 15.5. The number of nitrogens with zero attached hydrogens (tertiary/aromatic N) is 2. The summed E-state index contributed by atoms with van der Waals surface area (Å²) in [5, 5.41) is 5.21. The SMILES string of the molecule is CCCn1cncc1COc1ccc(Br)cc1S(N)(=O)=O. The number of hydrogen-bond donors (Lipinski definition) is 1. The number of benzene rings is 1. The number of sulfonamides is 1. The Hall–Kier alpha value is -1.38. The van der Waals surface area contributed by atoms with Gasteiger partial charge < -0.3 is 9.30 Å². The number of halogens is 1. The first-order valence-corrected chi connectivity index (χ1v) is 8.70. The normalized spacial score (nSPS) is 11.6. The topological polar surface area (TPSA) is 87.2 Å². The summed E-state index contributed by atoms with van der Waals surface area (Å²) in [5.41, 5.74) is 0.875. The molecule has 2 N–H and O–H groups in total. The Bertz CT molecular complexity index is 728. The van der Waals surface area contributed by atoms with E-state index in [0.717, 1.165) is 18.7 Å². The first kappa shape index (κ1) is 16.0. The Morgan fingerprint density at radius 3 is 2.86 bits per heavy atom. The molecule has 0 aliphatic heterocycles. The van der Waals surface area contributed by atoms with Gasteiger partial charge in [-0.05, 0) is 24.6 Å². The van der Waals surface area contributed by atoms with Gasteiger partial charge in [0.1, 0.15) is 17.3 Å². The van der Waals surface area contributed by atoms with Crippen molar-refractivity contribution in [1.82, 2.24) is 9.55 Å². The number of ether oxygens (including phenoxy) is 1. The van der Waals surface area contributed by atoms with Crippen molar-refractivity contribution in [2.45, 2.75) is 31.4 Å². The van der Waals surface area contributed by atoms with Gasteiger partial charge in [0.2, 0.25) is 10.0 Å². The fraction of sp³-hybridized carbons (Fsp3) is 0.308. The molecule has 8 heteroatoms. The molecule has 1 aromatic carbocycles. The molecule has 0 saturated carbocycles. The molecule has 0 aliphatic rings. The van der Waals surface area contributed by atoms with Gasteiger partial charge in [-0.15, -0.1) is 0 Å². The van der Waals surface area contributed by atoms with Crippen LogP contribution in [0.3, 0.4) is 0 Å². The third-order valence-electron chi connectivity index (χ3n) is 2.85. The molecule has 1 aromatic heterocycles. The summed E-state index contributed by atoms with van der Waals surface area (Å²) in [4.78, 5) is 4.03. The number of primary sulfonamides is 1. The highest BCUT2D eigenvalue weighted by molar-refractivity contribution is 9.10. The van der Waals surface area contributed by atoms with Crippen LogP contribution < -0.4 is 9.88 Å². The third kappa shape index (κ3) is 4.05. The van der Waals surface area contributed by atoms with Crippen LogP contribution in [0.1, 0.15) is 19.0 Å². The molecule has 21 heavy (non-hydrogen) atoms. The van der Waals surface area contributed by atoms with Crippen molar-refractivity contribution in [2.75, 3.05) is 0 Å². The molecule has 2 rings (SSSR count). The van der Waals surface area contributed by atoms with Gasteiger partial charge in [0.05, 0.1) is 18.2 Å². The molecule has 0 atom stereocenters. The van der Waals surface area contributed by atoms with Crippen LogP contribution >= 0.6 is 15.9 Å². The van der Waals surface area contributed by atoms with Crippen molar-refractivity contribution in [3.05, 3.63) is 40.9 Å². The van der Waals surface area contributed by atoms with E-state index in [2.05, 4.69) is 27.8 Å². The molecule has 0 radical (unpaired) electrons. The quantitative estimate of drug-likeness (QED) is 0.841. The van der Waals surface area contributed by atoms with Gasteiger partial charge in [-0.1, -0.05) is 22.9 Å². The number of nitrogens with two attached hydrogens (primary N) is 1. The van der Waals surface area contributed by atoms with Crippen LogP contribution in [0.2, 0.25) is 0 Å². The molecule has 1 heterocycles. The van der Waals surface area contributed by atoms with E-state index in [9.17, 15) is 8.42 Å². The van der Waals surface area contributed by atoms with Crippen LogP contribution in [0.25, 0.3) is 0 Å². The van der Waals surface area contributed by atoms with E-state index in [0.29, 0.717) is 4.47 Å². The maximum absolute atomic E-state index is 11.6. The number of rotatable bonds is 6. The lowest BCUT2D eigenvalue weighted by Crippen LogP contribution is -2.14. The van der Waals surface area contributed by atoms with Gasteiger partial charge in [-0.3, -0.25) is 0 Å². The van der Waals surface area contributed by atoms with Gasteiger partial charge >= 0.3 is 0 Å². The van der Waals surface area contributed by atoms with E-state index in [-0.39, 0.29) is 17.3 Å². The second-order valence-corrected chi connectivity index (χ2v) is 6.95. The Labute approximate surface area is 132 Å². The smallest absolute Gasteiger partial charge is 0.241 e. The van der Waals surface area contributed by atoms with Gasteiger partial charge in [0, 0.05) is 11.0 Å². The summed E-state index contributed by atoms with van der Waals surface area (Å²) in [6.07, 6.45) is 4.40. The van der Waals surface area contributed by atoms with E-state index in [1.807, 2.05) is 4.57 Å². The van der Waals surface area contributed by atoms with Crippen molar-refractivity contribution in [2.24, 2.45) is 5.14 Å². The molecule has 0 bridgehead atoms. The second-order valence-electron chi connectivity index (χ2n) is 4.50. The predicted octanol–water partition coefficient (Wildman–Crippen LogP) is 2.28. The first-order chi connectivity index (χ1) is 9.91. The summed E-state index contributed by atoms with van der Waals surface area (Å²) in [6, 6.07) is 4.70. The van der Waals surface area contributed by atoms with Crippen molar-refractivity contribution in [3.63, 3.8) is 0 Å². The summed E-state index contributed by atoms with van der Waals surface area (Å²) in [6.45, 7) is 3.13. The zero-order valence-corrected chi connectivity index (χ0v) is 13.9. The maximum Gasteiger partial charge on any atom is 0.241 e. The minimum Gasteiger partial charge on any atom is -0.486 e. The van der Waals surface area contributed by atoms with E-state index in [4.69, 9.17) is 9.88 Å². The van der Waals surface area contributed by atoms with Gasteiger partial charge in [0.25, 0.3) is 0 Å². The fourth-order valence-electron chi connectivity index (χ4n) is 1.89. The summed E-state index contributed by atoms with van der Waals surface area (Å²) in [5.74, 6) is 0.227. The minimum absolute atomic E-state index is 0.0431. The number of hydrogen-bond acceptors (Lipinski definition) is 4. The molecule has 0 aliphatic carbocycles. The highest BCUT2D eigenvalue weighted by Gasteiger charge is 2.16. The van der Waals surface area contributed by atoms with Gasteiger partial charge in [-0.2, -0.15) is 0 Å². The van der Waals surface area contributed by atoms with Crippen molar-refractivity contribution in [3.8, 4) is 5.75 Å². The summed E-state index contributed by atoms with van der Waals surface area (Å²) in [7, 11) is -3.84.